The maximum atomic E-state index is 13.3. The van der Waals surface area contributed by atoms with Crippen molar-refractivity contribution >= 4 is 5.97 Å². The summed E-state index contributed by atoms with van der Waals surface area (Å²) in [5.74, 6) is -2.36. The first-order valence-electron chi connectivity index (χ1n) is 14.7. The molecular formula is C29H54N2O8. The number of hydrogen-bond acceptors (Lipinski definition) is 10. The zero-order valence-electron chi connectivity index (χ0n) is 25.5. The Bertz CT molecular complexity index is 842. The molecule has 0 aliphatic carbocycles. The van der Waals surface area contributed by atoms with Gasteiger partial charge in [0.2, 0.25) is 0 Å². The van der Waals surface area contributed by atoms with Gasteiger partial charge in [-0.15, -0.1) is 0 Å². The number of nitrogens with two attached hydrogens (primary N) is 1. The van der Waals surface area contributed by atoms with E-state index in [1.54, 1.807) is 20.8 Å². The third-order valence-corrected chi connectivity index (χ3v) is 9.77. The van der Waals surface area contributed by atoms with E-state index < -0.39 is 65.8 Å². The topological polar surface area (TPSA) is 144 Å². The highest BCUT2D eigenvalue weighted by atomic mass is 16.7. The fraction of sp³-hybridized carbons (Fsp3) is 0.966. The summed E-state index contributed by atoms with van der Waals surface area (Å²) in [5.41, 5.74) is 4.31. The second-order valence-electron chi connectivity index (χ2n) is 13.3. The van der Waals surface area contributed by atoms with Gasteiger partial charge in [-0.05, 0) is 67.0 Å². The highest BCUT2D eigenvalue weighted by molar-refractivity contribution is 5.73. The number of ether oxygens (including phenoxy) is 4. The van der Waals surface area contributed by atoms with E-state index in [4.69, 9.17) is 24.7 Å². The average Bonchev–Trinajstić information content (AvgIpc) is 3.09. The Morgan fingerprint density at radius 2 is 1.69 bits per heavy atom. The molecule has 5 N–H and O–H groups in total. The molecule has 0 spiro atoms. The van der Waals surface area contributed by atoms with Gasteiger partial charge in [0.05, 0.1) is 35.9 Å². The Morgan fingerprint density at radius 1 is 1.08 bits per heavy atom. The van der Waals surface area contributed by atoms with Crippen molar-refractivity contribution in [3.63, 3.8) is 0 Å². The molecule has 0 aromatic rings. The molecule has 10 nitrogen and oxygen atoms in total. The largest absolute Gasteiger partial charge is 0.459 e. The number of carbonyl (C=O) groups is 1. The fourth-order valence-corrected chi connectivity index (χ4v) is 7.28. The van der Waals surface area contributed by atoms with Crippen LogP contribution in [0.3, 0.4) is 0 Å². The maximum absolute atomic E-state index is 13.3. The first-order valence-corrected chi connectivity index (χ1v) is 14.7. The van der Waals surface area contributed by atoms with E-state index in [0.717, 1.165) is 0 Å². The highest BCUT2D eigenvalue weighted by Gasteiger charge is 2.57. The summed E-state index contributed by atoms with van der Waals surface area (Å²) in [6.45, 7) is 14.8. The molecule has 39 heavy (non-hydrogen) atoms. The number of hydrogen-bond donors (Lipinski definition) is 4. The van der Waals surface area contributed by atoms with E-state index >= 15 is 0 Å². The molecule has 228 valence electrons. The van der Waals surface area contributed by atoms with Gasteiger partial charge in [-0.3, -0.25) is 4.79 Å². The van der Waals surface area contributed by atoms with Crippen LogP contribution in [0.25, 0.3) is 0 Å². The van der Waals surface area contributed by atoms with E-state index in [9.17, 15) is 20.1 Å². The van der Waals surface area contributed by atoms with Crippen molar-refractivity contribution in [3.05, 3.63) is 0 Å². The van der Waals surface area contributed by atoms with Gasteiger partial charge in [0.15, 0.2) is 6.29 Å². The van der Waals surface area contributed by atoms with E-state index in [2.05, 4.69) is 0 Å². The normalized spacial score (nSPS) is 52.1. The molecule has 0 amide bonds. The molecule has 3 aliphatic heterocycles. The summed E-state index contributed by atoms with van der Waals surface area (Å²) in [7, 11) is 3.79. The van der Waals surface area contributed by atoms with Crippen molar-refractivity contribution in [2.75, 3.05) is 14.1 Å². The molecular weight excluding hydrogens is 504 g/mol. The van der Waals surface area contributed by atoms with Crippen LogP contribution >= 0.6 is 0 Å². The number of fused-ring (bicyclic) bond motifs is 2. The quantitative estimate of drug-likeness (QED) is 0.376. The number of cyclic esters (lactones) is 1. The van der Waals surface area contributed by atoms with E-state index in [-0.39, 0.29) is 36.5 Å². The fourth-order valence-electron chi connectivity index (χ4n) is 7.28. The van der Waals surface area contributed by atoms with Crippen LogP contribution in [0.1, 0.15) is 74.7 Å². The predicted octanol–water partition coefficient (Wildman–Crippen LogP) is 1.66. The molecule has 3 saturated heterocycles. The van der Waals surface area contributed by atoms with Crippen LogP contribution in [0.4, 0.5) is 0 Å². The first kappa shape index (κ1) is 32.7. The van der Waals surface area contributed by atoms with Crippen LogP contribution in [-0.2, 0) is 23.7 Å². The lowest BCUT2D eigenvalue weighted by molar-refractivity contribution is -0.299. The van der Waals surface area contributed by atoms with Crippen molar-refractivity contribution < 1.29 is 39.1 Å². The van der Waals surface area contributed by atoms with E-state index in [1.165, 1.54) is 0 Å². The second-order valence-corrected chi connectivity index (χ2v) is 13.3. The summed E-state index contributed by atoms with van der Waals surface area (Å²) >= 11 is 0. The van der Waals surface area contributed by atoms with Gasteiger partial charge in [-0.2, -0.15) is 0 Å². The van der Waals surface area contributed by atoms with Gasteiger partial charge >= 0.3 is 5.97 Å². The van der Waals surface area contributed by atoms with Crippen LogP contribution in [0.5, 0.6) is 0 Å². The zero-order valence-corrected chi connectivity index (χ0v) is 25.5. The van der Waals surface area contributed by atoms with Crippen LogP contribution in [0, 0.1) is 23.7 Å². The van der Waals surface area contributed by atoms with E-state index in [1.807, 2.05) is 53.6 Å². The Kier molecular flexibility index (Phi) is 10.2. The number of likely N-dealkylation sites (N-methyl/N-ethyl adjacent to an activating group) is 1. The predicted molar refractivity (Wildman–Crippen MR) is 147 cm³/mol. The Hall–Kier alpha value is -0.850. The molecule has 0 aromatic carbocycles. The molecule has 3 rings (SSSR count). The Labute approximate surface area is 234 Å². The first-order chi connectivity index (χ1) is 18.0. The van der Waals surface area contributed by atoms with Crippen molar-refractivity contribution in [2.24, 2.45) is 29.4 Å². The number of aliphatic hydroxyl groups is 3. The molecule has 3 heterocycles. The molecule has 3 aliphatic rings. The van der Waals surface area contributed by atoms with Gasteiger partial charge in [0.25, 0.3) is 0 Å². The minimum atomic E-state index is -1.47. The summed E-state index contributed by atoms with van der Waals surface area (Å²) < 4.78 is 25.0. The lowest BCUT2D eigenvalue weighted by Crippen LogP contribution is -2.59. The summed E-state index contributed by atoms with van der Waals surface area (Å²) in [5, 5.41) is 34.6. The summed E-state index contributed by atoms with van der Waals surface area (Å²) in [6, 6.07) is -0.596. The van der Waals surface area contributed by atoms with Crippen LogP contribution in [0.2, 0.25) is 0 Å². The van der Waals surface area contributed by atoms with Crippen molar-refractivity contribution in [1.29, 1.82) is 0 Å². The summed E-state index contributed by atoms with van der Waals surface area (Å²) in [6.07, 6.45) is -3.81. The molecule has 0 aromatic heterocycles. The molecule has 2 bridgehead atoms. The monoisotopic (exact) mass is 558 g/mol. The number of carbonyl (C=O) groups excluding carboxylic acids is 1. The number of rotatable bonds is 4. The molecule has 0 saturated carbocycles. The maximum Gasteiger partial charge on any atom is 0.311 e. The van der Waals surface area contributed by atoms with Gasteiger partial charge in [0.1, 0.15) is 17.8 Å². The van der Waals surface area contributed by atoms with Crippen LogP contribution < -0.4 is 5.73 Å². The smallest absolute Gasteiger partial charge is 0.311 e. The number of nitrogens with zero attached hydrogens (tertiary/aromatic N) is 1. The average molecular weight is 559 g/mol. The zero-order chi connectivity index (χ0) is 29.6. The van der Waals surface area contributed by atoms with Crippen molar-refractivity contribution in [2.45, 2.75) is 141 Å². The van der Waals surface area contributed by atoms with Gasteiger partial charge in [0, 0.05) is 23.9 Å². The third kappa shape index (κ3) is 6.33. The van der Waals surface area contributed by atoms with E-state index in [0.29, 0.717) is 12.8 Å². The lowest BCUT2D eigenvalue weighted by Gasteiger charge is -2.46. The Balaban J connectivity index is 2.02. The molecule has 1 unspecified atom stereocenters. The second kappa shape index (κ2) is 12.2. The minimum absolute atomic E-state index is 0.0542. The Morgan fingerprint density at radius 3 is 2.26 bits per heavy atom. The summed E-state index contributed by atoms with van der Waals surface area (Å²) in [4.78, 5) is 15.3. The molecule has 10 heteroatoms. The highest BCUT2D eigenvalue weighted by Crippen LogP contribution is 2.45. The van der Waals surface area contributed by atoms with Crippen molar-refractivity contribution in [3.8, 4) is 0 Å². The molecule has 3 fully saturated rings. The van der Waals surface area contributed by atoms with Crippen LogP contribution in [0.15, 0.2) is 0 Å². The third-order valence-electron chi connectivity index (χ3n) is 9.77. The van der Waals surface area contributed by atoms with Crippen molar-refractivity contribution in [1.82, 2.24) is 4.90 Å². The molecule has 15 atom stereocenters. The van der Waals surface area contributed by atoms with Crippen LogP contribution in [-0.4, -0.2) is 106 Å². The molecule has 0 radical (unpaired) electrons. The SMILES string of the molecule is CC[C@@H]1OC(=O)[C@H](C)[C@@H](O)[C@H](C)[C@@H](O[C@@H]2O[C@H](C)C[C@H](N(C)C)[C@H]2O)[C@@](C)(O)C[C@@H](C)[C@H]2OC1(C)[C@@H](N)[C@@H]2C. The standard InChI is InChI=1S/C29H54N2O8/c1-11-20-29(8)24(30)18(6)23(39-29)14(2)13-28(7,35)25(16(4)21(32)17(5)26(34)37-20)38-27-22(33)19(31(9)10)12-15(3)36-27/h14-25,27,32-33,35H,11-13,30H2,1-10H3/t14-,15-,16+,17-,18-,19+,20+,21+,22-,23-,24+,25-,27+,28+,29?/m1/s1. The van der Waals surface area contributed by atoms with Gasteiger partial charge in [-0.1, -0.05) is 27.7 Å². The number of aliphatic hydroxyl groups excluding tert-OH is 2. The minimum Gasteiger partial charge on any atom is -0.459 e. The number of esters is 1. The van der Waals surface area contributed by atoms with Gasteiger partial charge in [-0.25, -0.2) is 0 Å². The lowest BCUT2D eigenvalue weighted by atomic mass is 9.75. The van der Waals surface area contributed by atoms with Gasteiger partial charge < -0.3 is 44.9 Å².